The molecule has 148 valence electrons. The van der Waals surface area contributed by atoms with Crippen molar-refractivity contribution >= 4 is 11.9 Å². The summed E-state index contributed by atoms with van der Waals surface area (Å²) < 4.78 is 16.0. The number of phenolic OH excluding ortho intramolecular Hbond substituents is 1. The van der Waals surface area contributed by atoms with E-state index in [0.717, 1.165) is 5.56 Å². The summed E-state index contributed by atoms with van der Waals surface area (Å²) in [5.74, 6) is 1.02. The number of aromatic hydroxyl groups is 1. The van der Waals surface area contributed by atoms with Crippen LogP contribution in [0.4, 0.5) is 0 Å². The first-order chi connectivity index (χ1) is 14.1. The molecule has 0 aromatic heterocycles. The van der Waals surface area contributed by atoms with Crippen LogP contribution in [0.2, 0.25) is 0 Å². The van der Waals surface area contributed by atoms with Gasteiger partial charge in [-0.05, 0) is 53.6 Å². The van der Waals surface area contributed by atoms with Gasteiger partial charge in [-0.25, -0.2) is 0 Å². The number of carbonyl (C=O) groups excluding carboxylic acids is 1. The van der Waals surface area contributed by atoms with Gasteiger partial charge in [-0.2, -0.15) is 0 Å². The Balaban J connectivity index is 1.66. The lowest BCUT2D eigenvalue weighted by molar-refractivity contribution is 0.104. The summed E-state index contributed by atoms with van der Waals surface area (Å²) >= 11 is 0. The predicted octanol–water partition coefficient (Wildman–Crippen LogP) is 4.88. The minimum Gasteiger partial charge on any atom is -0.502 e. The van der Waals surface area contributed by atoms with Crippen LogP contribution < -0.4 is 14.2 Å². The standard InChI is InChI=1S/C24H22O5/c1-27-22-14-18(15-23(28-2)24(22)26)8-13-21(25)19-9-11-20(12-10-19)29-16-17-6-4-3-5-7-17/h3-15,26H,16H2,1-2H3/b13-8+. The van der Waals surface area contributed by atoms with Gasteiger partial charge in [0.15, 0.2) is 17.3 Å². The van der Waals surface area contributed by atoms with Crippen LogP contribution in [0.25, 0.3) is 6.08 Å². The summed E-state index contributed by atoms with van der Waals surface area (Å²) in [5.41, 5.74) is 2.30. The maximum atomic E-state index is 12.4. The van der Waals surface area contributed by atoms with Crippen molar-refractivity contribution in [2.45, 2.75) is 6.61 Å². The zero-order valence-corrected chi connectivity index (χ0v) is 16.3. The molecule has 0 heterocycles. The minimum absolute atomic E-state index is 0.0791. The summed E-state index contributed by atoms with van der Waals surface area (Å²) in [5, 5.41) is 9.96. The minimum atomic E-state index is -0.148. The number of carbonyl (C=O) groups is 1. The topological polar surface area (TPSA) is 65.0 Å². The molecule has 0 unspecified atom stereocenters. The van der Waals surface area contributed by atoms with E-state index in [1.54, 1.807) is 42.5 Å². The molecule has 5 heteroatoms. The van der Waals surface area contributed by atoms with Crippen molar-refractivity contribution in [3.05, 3.63) is 89.5 Å². The van der Waals surface area contributed by atoms with E-state index in [2.05, 4.69) is 0 Å². The van der Waals surface area contributed by atoms with E-state index in [-0.39, 0.29) is 23.0 Å². The summed E-state index contributed by atoms with van der Waals surface area (Å²) in [6.07, 6.45) is 3.11. The fourth-order valence-electron chi connectivity index (χ4n) is 2.73. The molecular formula is C24H22O5. The summed E-state index contributed by atoms with van der Waals surface area (Å²) in [6.45, 7) is 0.471. The second-order valence-corrected chi connectivity index (χ2v) is 6.27. The van der Waals surface area contributed by atoms with Crippen LogP contribution in [0.15, 0.2) is 72.8 Å². The average Bonchev–Trinajstić information content (AvgIpc) is 2.77. The van der Waals surface area contributed by atoms with Gasteiger partial charge < -0.3 is 19.3 Å². The smallest absolute Gasteiger partial charge is 0.200 e. The van der Waals surface area contributed by atoms with E-state index in [1.165, 1.54) is 20.3 Å². The number of phenols is 1. The van der Waals surface area contributed by atoms with Crippen molar-refractivity contribution < 1.29 is 24.1 Å². The molecule has 0 aliphatic carbocycles. The highest BCUT2D eigenvalue weighted by molar-refractivity contribution is 6.06. The molecule has 0 saturated heterocycles. The Labute approximate surface area is 169 Å². The first-order valence-electron chi connectivity index (χ1n) is 9.05. The summed E-state index contributed by atoms with van der Waals surface area (Å²) in [7, 11) is 2.91. The number of ketones is 1. The van der Waals surface area contributed by atoms with Crippen molar-refractivity contribution in [3.63, 3.8) is 0 Å². The largest absolute Gasteiger partial charge is 0.502 e. The van der Waals surface area contributed by atoms with Crippen LogP contribution in [0.1, 0.15) is 21.5 Å². The maximum Gasteiger partial charge on any atom is 0.200 e. The van der Waals surface area contributed by atoms with Crippen molar-refractivity contribution in [1.82, 2.24) is 0 Å². The molecule has 0 bridgehead atoms. The van der Waals surface area contributed by atoms with Crippen molar-refractivity contribution in [3.8, 4) is 23.0 Å². The second-order valence-electron chi connectivity index (χ2n) is 6.27. The number of methoxy groups -OCH3 is 2. The lowest BCUT2D eigenvalue weighted by atomic mass is 10.1. The Kier molecular flexibility index (Phi) is 6.53. The van der Waals surface area contributed by atoms with E-state index in [1.807, 2.05) is 30.3 Å². The Hall–Kier alpha value is -3.73. The highest BCUT2D eigenvalue weighted by atomic mass is 16.5. The molecule has 1 N–H and O–H groups in total. The van der Waals surface area contributed by atoms with Gasteiger partial charge in [-0.1, -0.05) is 36.4 Å². The van der Waals surface area contributed by atoms with Crippen LogP contribution in [-0.2, 0) is 6.61 Å². The average molecular weight is 390 g/mol. The highest BCUT2D eigenvalue weighted by Gasteiger charge is 2.10. The zero-order chi connectivity index (χ0) is 20.6. The normalized spacial score (nSPS) is 10.7. The van der Waals surface area contributed by atoms with Gasteiger partial charge in [0.05, 0.1) is 14.2 Å². The third kappa shape index (κ3) is 5.17. The summed E-state index contributed by atoms with van der Waals surface area (Å²) in [4.78, 5) is 12.4. The molecule has 3 aromatic rings. The highest BCUT2D eigenvalue weighted by Crippen LogP contribution is 2.37. The molecule has 0 spiro atoms. The van der Waals surface area contributed by atoms with Crippen LogP contribution in [0.3, 0.4) is 0 Å². The number of ether oxygens (including phenoxy) is 3. The molecule has 0 amide bonds. The Bertz CT molecular complexity index is 967. The lowest BCUT2D eigenvalue weighted by Gasteiger charge is -2.09. The van der Waals surface area contributed by atoms with Crippen molar-refractivity contribution in [2.24, 2.45) is 0 Å². The van der Waals surface area contributed by atoms with E-state index in [4.69, 9.17) is 14.2 Å². The van der Waals surface area contributed by atoms with Gasteiger partial charge >= 0.3 is 0 Å². The van der Waals surface area contributed by atoms with Gasteiger partial charge in [0.25, 0.3) is 0 Å². The number of benzene rings is 3. The quantitative estimate of drug-likeness (QED) is 0.438. The van der Waals surface area contributed by atoms with Gasteiger partial charge in [-0.3, -0.25) is 4.79 Å². The van der Waals surface area contributed by atoms with Gasteiger partial charge in [0.1, 0.15) is 12.4 Å². The van der Waals surface area contributed by atoms with Crippen molar-refractivity contribution in [1.29, 1.82) is 0 Å². The molecule has 0 radical (unpaired) electrons. The molecule has 0 aliphatic rings. The van der Waals surface area contributed by atoms with Crippen LogP contribution in [0.5, 0.6) is 23.0 Å². The third-order valence-corrected chi connectivity index (χ3v) is 4.32. The third-order valence-electron chi connectivity index (χ3n) is 4.32. The zero-order valence-electron chi connectivity index (χ0n) is 16.3. The Morgan fingerprint density at radius 2 is 1.55 bits per heavy atom. The van der Waals surface area contributed by atoms with Crippen LogP contribution in [-0.4, -0.2) is 25.1 Å². The van der Waals surface area contributed by atoms with E-state index < -0.39 is 0 Å². The van der Waals surface area contributed by atoms with Gasteiger partial charge in [0, 0.05) is 5.56 Å². The number of allylic oxidation sites excluding steroid dienone is 1. The molecule has 0 saturated carbocycles. The Morgan fingerprint density at radius 1 is 0.931 bits per heavy atom. The predicted molar refractivity (Wildman–Crippen MR) is 112 cm³/mol. The van der Waals surface area contributed by atoms with E-state index in [9.17, 15) is 9.90 Å². The summed E-state index contributed by atoms with van der Waals surface area (Å²) in [6, 6.07) is 20.1. The molecule has 3 rings (SSSR count). The molecule has 0 atom stereocenters. The first-order valence-corrected chi connectivity index (χ1v) is 9.05. The van der Waals surface area contributed by atoms with E-state index >= 15 is 0 Å². The Morgan fingerprint density at radius 3 is 2.14 bits per heavy atom. The first kappa shape index (κ1) is 20.0. The van der Waals surface area contributed by atoms with Gasteiger partial charge in [-0.15, -0.1) is 0 Å². The monoisotopic (exact) mass is 390 g/mol. The van der Waals surface area contributed by atoms with Gasteiger partial charge in [0.2, 0.25) is 5.75 Å². The number of hydrogen-bond acceptors (Lipinski definition) is 5. The maximum absolute atomic E-state index is 12.4. The molecule has 0 fully saturated rings. The molecule has 0 aliphatic heterocycles. The fraction of sp³-hybridized carbons (Fsp3) is 0.125. The van der Waals surface area contributed by atoms with Crippen LogP contribution >= 0.6 is 0 Å². The molecule has 3 aromatic carbocycles. The van der Waals surface area contributed by atoms with Crippen molar-refractivity contribution in [2.75, 3.05) is 14.2 Å². The molecule has 5 nitrogen and oxygen atoms in total. The molecular weight excluding hydrogens is 368 g/mol. The number of rotatable bonds is 8. The number of hydrogen-bond donors (Lipinski definition) is 1. The molecule has 29 heavy (non-hydrogen) atoms. The van der Waals surface area contributed by atoms with Crippen LogP contribution in [0, 0.1) is 0 Å². The second kappa shape index (κ2) is 9.46. The SMILES string of the molecule is COc1cc(/C=C/C(=O)c2ccc(OCc3ccccc3)cc2)cc(OC)c1O. The lowest BCUT2D eigenvalue weighted by Crippen LogP contribution is -1.97. The fourth-order valence-corrected chi connectivity index (χ4v) is 2.73. The van der Waals surface area contributed by atoms with E-state index in [0.29, 0.717) is 23.5 Å².